The van der Waals surface area contributed by atoms with E-state index in [0.717, 1.165) is 0 Å². The Kier molecular flexibility index (Phi) is 9.74. The lowest BCUT2D eigenvalue weighted by Crippen LogP contribution is -2.31. The van der Waals surface area contributed by atoms with Crippen molar-refractivity contribution in [3.05, 3.63) is 34.3 Å². The lowest BCUT2D eigenvalue weighted by atomic mass is 10.2. The first kappa shape index (κ1) is 26.2. The molecule has 178 valence electrons. The number of azo groups is 1. The monoisotopic (exact) mass is 497 g/mol. The van der Waals surface area contributed by atoms with Gasteiger partial charge in [-0.25, -0.2) is 0 Å². The van der Waals surface area contributed by atoms with E-state index in [2.05, 4.69) is 15.5 Å². The number of rotatable bonds is 11. The fraction of sp³-hybridized carbons (Fsp3) is 0.364. The second kappa shape index (κ2) is 12.3. The maximum atomic E-state index is 12.8. The van der Waals surface area contributed by atoms with Gasteiger partial charge in [0.25, 0.3) is 5.91 Å². The molecule has 0 bridgehead atoms. The minimum Gasteiger partial charge on any atom is -0.493 e. The van der Waals surface area contributed by atoms with Crippen molar-refractivity contribution in [2.75, 3.05) is 32.8 Å². The van der Waals surface area contributed by atoms with Gasteiger partial charge in [-0.1, -0.05) is 23.2 Å². The number of hydrogen-bond donors (Lipinski definition) is 1. The highest BCUT2D eigenvalue weighted by Crippen LogP contribution is 2.39. The van der Waals surface area contributed by atoms with Crippen LogP contribution in [0.1, 0.15) is 20.8 Å². The van der Waals surface area contributed by atoms with Crippen LogP contribution in [0.4, 0.5) is 11.4 Å². The molecule has 0 aromatic heterocycles. The highest BCUT2D eigenvalue weighted by Gasteiger charge is 2.24. The first-order valence-electron chi connectivity index (χ1n) is 9.98. The molecule has 1 unspecified atom stereocenters. The Bertz CT molecular complexity index is 1020. The molecule has 0 aliphatic carbocycles. The molecule has 0 spiro atoms. The van der Waals surface area contributed by atoms with Gasteiger partial charge in [-0.3, -0.25) is 9.59 Å². The molecule has 9 nitrogen and oxygen atoms in total. The van der Waals surface area contributed by atoms with Gasteiger partial charge in [-0.05, 0) is 26.8 Å². The van der Waals surface area contributed by atoms with Crippen molar-refractivity contribution in [2.45, 2.75) is 26.8 Å². The van der Waals surface area contributed by atoms with Crippen LogP contribution in [0.2, 0.25) is 10.0 Å². The van der Waals surface area contributed by atoms with Crippen LogP contribution in [0, 0.1) is 0 Å². The van der Waals surface area contributed by atoms with Crippen molar-refractivity contribution in [3.63, 3.8) is 0 Å². The summed E-state index contributed by atoms with van der Waals surface area (Å²) in [5.74, 6) is 0.132. The van der Waals surface area contributed by atoms with Gasteiger partial charge in [-0.2, -0.15) is 10.2 Å². The predicted molar refractivity (Wildman–Crippen MR) is 126 cm³/mol. The number of nitrogens with zero attached hydrogens (tertiary/aromatic N) is 2. The molecule has 2 rings (SSSR count). The molecule has 0 aliphatic heterocycles. The Morgan fingerprint density at radius 1 is 0.970 bits per heavy atom. The number of ether oxygens (including phenoxy) is 4. The van der Waals surface area contributed by atoms with Crippen molar-refractivity contribution in [1.29, 1.82) is 0 Å². The topological polar surface area (TPSA) is 108 Å². The van der Waals surface area contributed by atoms with Crippen LogP contribution in [0.15, 0.2) is 34.5 Å². The van der Waals surface area contributed by atoms with Crippen molar-refractivity contribution in [1.82, 2.24) is 0 Å². The average Bonchev–Trinajstić information content (AvgIpc) is 2.76. The van der Waals surface area contributed by atoms with Crippen LogP contribution < -0.4 is 24.3 Å². The minimum absolute atomic E-state index is 0.239. The van der Waals surface area contributed by atoms with Gasteiger partial charge in [-0.15, -0.1) is 0 Å². The van der Waals surface area contributed by atoms with E-state index in [4.69, 9.17) is 42.1 Å². The fourth-order valence-corrected chi connectivity index (χ4v) is 3.28. The molecule has 1 amide bonds. The van der Waals surface area contributed by atoms with E-state index < -0.39 is 17.7 Å². The normalized spacial score (nSPS) is 11.7. The molecular weight excluding hydrogens is 473 g/mol. The van der Waals surface area contributed by atoms with Crippen molar-refractivity contribution < 1.29 is 28.5 Å². The van der Waals surface area contributed by atoms with Crippen molar-refractivity contribution in [3.8, 4) is 23.0 Å². The molecule has 0 heterocycles. The Labute approximate surface area is 202 Å². The molecule has 1 atom stereocenters. The largest absolute Gasteiger partial charge is 0.493 e. The lowest BCUT2D eigenvalue weighted by molar-refractivity contribution is -0.126. The quantitative estimate of drug-likeness (QED) is 0.324. The number of halogens is 2. The zero-order valence-corrected chi connectivity index (χ0v) is 20.4. The van der Waals surface area contributed by atoms with Gasteiger partial charge in [0.2, 0.25) is 6.04 Å². The summed E-state index contributed by atoms with van der Waals surface area (Å²) in [5, 5.41) is 11.1. The molecular formula is C22H25Cl2N3O6. The summed E-state index contributed by atoms with van der Waals surface area (Å²) >= 11 is 12.5. The smallest absolute Gasteiger partial charge is 0.258 e. The van der Waals surface area contributed by atoms with Gasteiger partial charge in [0.05, 0.1) is 38.1 Å². The third-order valence-corrected chi connectivity index (χ3v) is 4.87. The van der Waals surface area contributed by atoms with Crippen LogP contribution in [-0.2, 0) is 9.59 Å². The van der Waals surface area contributed by atoms with Crippen LogP contribution in [0.3, 0.4) is 0 Å². The zero-order valence-electron chi connectivity index (χ0n) is 18.9. The summed E-state index contributed by atoms with van der Waals surface area (Å²) in [6.45, 7) is 5.56. The average molecular weight is 498 g/mol. The van der Waals surface area contributed by atoms with Crippen LogP contribution >= 0.6 is 23.2 Å². The molecule has 0 fully saturated rings. The minimum atomic E-state index is -1.40. The third kappa shape index (κ3) is 6.72. The number of hydrogen-bond acceptors (Lipinski definition) is 8. The summed E-state index contributed by atoms with van der Waals surface area (Å²) in [7, 11) is 2.89. The fourth-order valence-electron chi connectivity index (χ4n) is 2.78. The second-order valence-electron chi connectivity index (χ2n) is 6.53. The van der Waals surface area contributed by atoms with Gasteiger partial charge in [0, 0.05) is 23.9 Å². The van der Waals surface area contributed by atoms with Gasteiger partial charge in [0.15, 0.2) is 17.3 Å². The Morgan fingerprint density at radius 2 is 1.58 bits per heavy atom. The highest BCUT2D eigenvalue weighted by atomic mass is 35.5. The first-order chi connectivity index (χ1) is 15.7. The highest BCUT2D eigenvalue weighted by molar-refractivity contribution is 6.33. The van der Waals surface area contributed by atoms with Crippen LogP contribution in [-0.4, -0.2) is 45.2 Å². The number of amides is 1. The van der Waals surface area contributed by atoms with E-state index in [1.165, 1.54) is 45.4 Å². The number of benzene rings is 2. The predicted octanol–water partition coefficient (Wildman–Crippen LogP) is 5.49. The summed E-state index contributed by atoms with van der Waals surface area (Å²) in [5.41, 5.74) is 0.604. The second-order valence-corrected chi connectivity index (χ2v) is 7.32. The molecule has 0 saturated heterocycles. The number of methoxy groups -OCH3 is 2. The number of nitrogens with one attached hydrogen (secondary N) is 1. The van der Waals surface area contributed by atoms with E-state index in [0.29, 0.717) is 41.9 Å². The molecule has 2 aromatic carbocycles. The molecule has 1 N–H and O–H groups in total. The Morgan fingerprint density at radius 3 is 2.06 bits per heavy atom. The van der Waals surface area contributed by atoms with Crippen molar-refractivity contribution >= 4 is 46.3 Å². The number of ketones is 1. The van der Waals surface area contributed by atoms with Gasteiger partial charge >= 0.3 is 0 Å². The third-order valence-electron chi connectivity index (χ3n) is 4.21. The van der Waals surface area contributed by atoms with E-state index in [-0.39, 0.29) is 15.7 Å². The summed E-state index contributed by atoms with van der Waals surface area (Å²) in [6.07, 6.45) is 0. The summed E-state index contributed by atoms with van der Waals surface area (Å²) in [6, 6.07) is 4.66. The van der Waals surface area contributed by atoms with Crippen molar-refractivity contribution in [2.24, 2.45) is 10.2 Å². The number of carbonyl (C=O) groups excluding carboxylic acids is 2. The maximum absolute atomic E-state index is 12.8. The summed E-state index contributed by atoms with van der Waals surface area (Å²) < 4.78 is 21.4. The maximum Gasteiger partial charge on any atom is 0.258 e. The number of carbonyl (C=O) groups is 2. The van der Waals surface area contributed by atoms with Gasteiger partial charge < -0.3 is 24.3 Å². The van der Waals surface area contributed by atoms with E-state index in [1.807, 2.05) is 0 Å². The molecule has 0 radical (unpaired) electrons. The van der Waals surface area contributed by atoms with E-state index >= 15 is 0 Å². The standard InChI is InChI=1S/C22H25Cl2N3O6/c1-6-32-16-9-13(10-17(19(16)24)33-7-2)25-22(29)20(12(3)28)27-26-14-8-15(23)21(31-5)18(11-14)30-4/h8-11,20H,6-7H2,1-5H3,(H,25,29). The summed E-state index contributed by atoms with van der Waals surface area (Å²) in [4.78, 5) is 24.9. The molecule has 11 heteroatoms. The molecule has 0 saturated carbocycles. The first-order valence-corrected chi connectivity index (χ1v) is 10.7. The Hall–Kier alpha value is -3.04. The number of Topliss-reactive ketones (excluding diaryl/α,β-unsaturated/α-hetero) is 1. The lowest BCUT2D eigenvalue weighted by Gasteiger charge is -2.15. The Balaban J connectivity index is 2.31. The van der Waals surface area contributed by atoms with E-state index in [1.54, 1.807) is 13.8 Å². The van der Waals surface area contributed by atoms with Crippen LogP contribution in [0.5, 0.6) is 23.0 Å². The van der Waals surface area contributed by atoms with E-state index in [9.17, 15) is 9.59 Å². The van der Waals surface area contributed by atoms with Crippen LogP contribution in [0.25, 0.3) is 0 Å². The SMILES string of the molecule is CCOc1cc(NC(=O)C(N=Nc2cc(Cl)c(OC)c(OC)c2)C(C)=O)cc(OCC)c1Cl. The molecule has 0 aliphatic rings. The number of anilines is 1. The zero-order chi connectivity index (χ0) is 24.5. The van der Waals surface area contributed by atoms with Gasteiger partial charge in [0.1, 0.15) is 16.5 Å². The molecule has 33 heavy (non-hydrogen) atoms. The molecule has 2 aromatic rings.